The van der Waals surface area contributed by atoms with Gasteiger partial charge in [-0.15, -0.1) is 0 Å². The van der Waals surface area contributed by atoms with Gasteiger partial charge in [0.1, 0.15) is 11.5 Å². The lowest BCUT2D eigenvalue weighted by atomic mass is 9.74. The van der Waals surface area contributed by atoms with Gasteiger partial charge in [0.25, 0.3) is 0 Å². The summed E-state index contributed by atoms with van der Waals surface area (Å²) in [7, 11) is 0. The van der Waals surface area contributed by atoms with E-state index >= 15 is 0 Å². The van der Waals surface area contributed by atoms with Crippen molar-refractivity contribution in [1.82, 2.24) is 0 Å². The normalized spacial score (nSPS) is 16.6. The molecule has 0 amide bonds. The molecule has 1 aliphatic rings. The van der Waals surface area contributed by atoms with Gasteiger partial charge < -0.3 is 14.7 Å². The van der Waals surface area contributed by atoms with Gasteiger partial charge in [0, 0.05) is 41.9 Å². The zero-order valence-electron chi connectivity index (χ0n) is 20.8. The molecule has 0 saturated carbocycles. The molecule has 0 spiro atoms. The molecule has 1 heterocycles. The second kappa shape index (κ2) is 8.31. The minimum absolute atomic E-state index is 0.258. The molecule has 1 atom stereocenters. The van der Waals surface area contributed by atoms with Crippen LogP contribution < -0.4 is 9.64 Å². The van der Waals surface area contributed by atoms with Crippen LogP contribution in [-0.4, -0.2) is 24.2 Å². The number of esters is 1. The van der Waals surface area contributed by atoms with E-state index in [0.29, 0.717) is 17.1 Å². The summed E-state index contributed by atoms with van der Waals surface area (Å²) in [5, 5.41) is 11.1. The molecule has 0 aliphatic carbocycles. The Hall–Kier alpha value is -2.75. The molecule has 0 unspecified atom stereocenters. The van der Waals surface area contributed by atoms with Crippen LogP contribution in [0.1, 0.15) is 83.6 Å². The zero-order chi connectivity index (χ0) is 24.0. The van der Waals surface area contributed by atoms with Crippen LogP contribution in [0.5, 0.6) is 11.5 Å². The molecular weight excluding hydrogens is 398 g/mol. The predicted octanol–water partition coefficient (Wildman–Crippen LogP) is 6.44. The summed E-state index contributed by atoms with van der Waals surface area (Å²) in [5.41, 5.74) is 4.55. The molecule has 2 aromatic rings. The highest BCUT2D eigenvalue weighted by Crippen LogP contribution is 2.47. The molecule has 32 heavy (non-hydrogen) atoms. The third-order valence-electron chi connectivity index (χ3n) is 6.33. The Bertz CT molecular complexity index is 1010. The van der Waals surface area contributed by atoms with Crippen LogP contribution >= 0.6 is 0 Å². The number of nitrogens with zero attached hydrogens (tertiary/aromatic N) is 1. The van der Waals surface area contributed by atoms with Gasteiger partial charge in [-0.25, -0.2) is 4.79 Å². The number of phenolic OH excluding ortho intramolecular Hbond substituents is 1. The predicted molar refractivity (Wildman–Crippen MR) is 132 cm³/mol. The summed E-state index contributed by atoms with van der Waals surface area (Å²) in [5.74, 6) is 0.191. The highest BCUT2D eigenvalue weighted by molar-refractivity contribution is 5.95. The summed E-state index contributed by atoms with van der Waals surface area (Å²) < 4.78 is 5.68. The Labute approximate surface area is 192 Å². The van der Waals surface area contributed by atoms with Crippen LogP contribution in [0.25, 0.3) is 0 Å². The highest BCUT2D eigenvalue weighted by atomic mass is 16.5. The maximum absolute atomic E-state index is 12.8. The maximum Gasteiger partial charge on any atom is 0.339 e. The van der Waals surface area contributed by atoms with Crippen molar-refractivity contribution in [3.05, 3.63) is 64.7 Å². The number of rotatable bonds is 4. The molecule has 0 radical (unpaired) electrons. The first kappa shape index (κ1) is 23.9. The van der Waals surface area contributed by atoms with E-state index in [2.05, 4.69) is 72.9 Å². The standard InChI is InChI=1S/C28H37NO3/c1-10-29(11-2)19-12-13-20-23(16-19)32-26(31)17(3)24(20)18-14-21(27(4,5)6)25(30)22(15-18)28(7,8)9/h12-16,24,30H,3,10-11H2,1-2,4-9H3/t24-/m0/s1. The third kappa shape index (κ3) is 4.28. The molecule has 0 saturated heterocycles. The summed E-state index contributed by atoms with van der Waals surface area (Å²) in [6.07, 6.45) is 0. The summed E-state index contributed by atoms with van der Waals surface area (Å²) in [6, 6.07) is 10.1. The van der Waals surface area contributed by atoms with Crippen LogP contribution in [0.3, 0.4) is 0 Å². The second-order valence-corrected chi connectivity index (χ2v) is 10.7. The van der Waals surface area contributed by atoms with Gasteiger partial charge in [-0.1, -0.05) is 66.3 Å². The Kier molecular flexibility index (Phi) is 6.21. The number of carbonyl (C=O) groups is 1. The average molecular weight is 436 g/mol. The molecule has 1 N–H and O–H groups in total. The number of fused-ring (bicyclic) bond motifs is 1. The van der Waals surface area contributed by atoms with E-state index in [1.165, 1.54) is 0 Å². The lowest BCUT2D eigenvalue weighted by Crippen LogP contribution is -2.26. The van der Waals surface area contributed by atoms with Crippen molar-refractivity contribution >= 4 is 11.7 Å². The van der Waals surface area contributed by atoms with Crippen molar-refractivity contribution in [2.45, 2.75) is 72.1 Å². The fourth-order valence-corrected chi connectivity index (χ4v) is 4.45. The largest absolute Gasteiger partial charge is 0.507 e. The van der Waals surface area contributed by atoms with Crippen molar-refractivity contribution in [1.29, 1.82) is 0 Å². The highest BCUT2D eigenvalue weighted by Gasteiger charge is 2.35. The Morgan fingerprint density at radius 3 is 1.97 bits per heavy atom. The molecule has 0 fully saturated rings. The van der Waals surface area contributed by atoms with E-state index in [1.807, 2.05) is 24.3 Å². The van der Waals surface area contributed by atoms with Gasteiger partial charge in [-0.05, 0) is 47.4 Å². The number of hydrogen-bond acceptors (Lipinski definition) is 4. The fraction of sp³-hybridized carbons (Fsp3) is 0.464. The van der Waals surface area contributed by atoms with Crippen LogP contribution in [0.4, 0.5) is 5.69 Å². The Morgan fingerprint density at radius 1 is 0.969 bits per heavy atom. The van der Waals surface area contributed by atoms with E-state index in [9.17, 15) is 9.90 Å². The first-order valence-corrected chi connectivity index (χ1v) is 11.5. The van der Waals surface area contributed by atoms with Crippen molar-refractivity contribution in [2.75, 3.05) is 18.0 Å². The van der Waals surface area contributed by atoms with E-state index < -0.39 is 5.97 Å². The number of anilines is 1. The molecule has 1 aliphatic heterocycles. The van der Waals surface area contributed by atoms with Crippen LogP contribution in [-0.2, 0) is 15.6 Å². The van der Waals surface area contributed by atoms with E-state index in [1.54, 1.807) is 0 Å². The van der Waals surface area contributed by atoms with Crippen molar-refractivity contribution in [3.8, 4) is 11.5 Å². The summed E-state index contributed by atoms with van der Waals surface area (Å²) >= 11 is 0. The smallest absolute Gasteiger partial charge is 0.339 e. The van der Waals surface area contributed by atoms with Gasteiger partial charge >= 0.3 is 5.97 Å². The van der Waals surface area contributed by atoms with Crippen LogP contribution in [0.15, 0.2) is 42.5 Å². The van der Waals surface area contributed by atoms with Gasteiger partial charge in [0.15, 0.2) is 0 Å². The molecular formula is C28H37NO3. The van der Waals surface area contributed by atoms with Crippen molar-refractivity contribution in [3.63, 3.8) is 0 Å². The first-order chi connectivity index (χ1) is 14.8. The van der Waals surface area contributed by atoms with Gasteiger partial charge in [-0.3, -0.25) is 0 Å². The SMILES string of the molecule is C=C1C(=O)Oc2cc(N(CC)CC)ccc2[C@@H]1c1cc(C(C)(C)C)c(O)c(C(C)(C)C)c1. The van der Waals surface area contributed by atoms with Crippen molar-refractivity contribution in [2.24, 2.45) is 0 Å². The number of benzene rings is 2. The molecule has 4 heteroatoms. The molecule has 0 aromatic heterocycles. The van der Waals surface area contributed by atoms with Gasteiger partial charge in [-0.2, -0.15) is 0 Å². The summed E-state index contributed by atoms with van der Waals surface area (Å²) in [4.78, 5) is 15.0. The Morgan fingerprint density at radius 2 is 1.50 bits per heavy atom. The molecule has 0 bridgehead atoms. The molecule has 2 aromatic carbocycles. The van der Waals surface area contributed by atoms with Crippen molar-refractivity contribution < 1.29 is 14.6 Å². The fourth-order valence-electron chi connectivity index (χ4n) is 4.45. The number of ether oxygens (including phenoxy) is 1. The number of phenols is 1. The van der Waals surface area contributed by atoms with Crippen LogP contribution in [0.2, 0.25) is 0 Å². The zero-order valence-corrected chi connectivity index (χ0v) is 20.8. The minimum atomic E-state index is -0.401. The van der Waals surface area contributed by atoms with E-state index in [4.69, 9.17) is 4.74 Å². The lowest BCUT2D eigenvalue weighted by molar-refractivity contribution is -0.131. The summed E-state index contributed by atoms with van der Waals surface area (Å²) in [6.45, 7) is 22.6. The van der Waals surface area contributed by atoms with Gasteiger partial charge in [0.05, 0.1) is 0 Å². The number of hydrogen-bond donors (Lipinski definition) is 1. The monoisotopic (exact) mass is 435 g/mol. The molecule has 3 rings (SSSR count). The number of carbonyl (C=O) groups excluding carboxylic acids is 1. The third-order valence-corrected chi connectivity index (χ3v) is 6.33. The Balaban J connectivity index is 2.26. The molecule has 4 nitrogen and oxygen atoms in total. The first-order valence-electron chi connectivity index (χ1n) is 11.5. The topological polar surface area (TPSA) is 49.8 Å². The van der Waals surface area contributed by atoms with E-state index in [-0.39, 0.29) is 16.7 Å². The maximum atomic E-state index is 12.8. The molecule has 172 valence electrons. The van der Waals surface area contributed by atoms with E-state index in [0.717, 1.165) is 41.0 Å². The second-order valence-electron chi connectivity index (χ2n) is 10.7. The van der Waals surface area contributed by atoms with Gasteiger partial charge in [0.2, 0.25) is 0 Å². The van der Waals surface area contributed by atoms with Crippen LogP contribution in [0, 0.1) is 0 Å². The average Bonchev–Trinajstić information content (AvgIpc) is 2.68. The number of aromatic hydroxyl groups is 1. The minimum Gasteiger partial charge on any atom is -0.507 e. The lowest BCUT2D eigenvalue weighted by Gasteiger charge is -2.32. The quantitative estimate of drug-likeness (QED) is 0.341.